The number of hydrogen-bond donors (Lipinski definition) is 1. The lowest BCUT2D eigenvalue weighted by atomic mass is 10.0. The Labute approximate surface area is 190 Å². The molecule has 1 aliphatic heterocycles. The van der Waals surface area contributed by atoms with Crippen LogP contribution in [0.15, 0.2) is 55.1 Å². The molecule has 3 rings (SSSR count). The van der Waals surface area contributed by atoms with Crippen molar-refractivity contribution in [2.45, 2.75) is 19.1 Å². The number of ether oxygens (including phenoxy) is 1. The summed E-state index contributed by atoms with van der Waals surface area (Å²) in [6, 6.07) is 11.0. The Morgan fingerprint density at radius 2 is 1.97 bits per heavy atom. The first-order valence-corrected chi connectivity index (χ1v) is 10.7. The van der Waals surface area contributed by atoms with Crippen molar-refractivity contribution in [1.82, 2.24) is 4.90 Å². The van der Waals surface area contributed by atoms with Crippen LogP contribution in [0.25, 0.3) is 0 Å². The second-order valence-corrected chi connectivity index (χ2v) is 8.67. The first-order chi connectivity index (χ1) is 15.1. The van der Waals surface area contributed by atoms with Gasteiger partial charge in [0.25, 0.3) is 0 Å². The molecule has 32 heavy (non-hydrogen) atoms. The number of carbonyl (C=O) groups is 2. The predicted octanol–water partition coefficient (Wildman–Crippen LogP) is 2.73. The highest BCUT2D eigenvalue weighted by atomic mass is 28.1. The summed E-state index contributed by atoms with van der Waals surface area (Å²) in [5.74, 6) is -1.08. The van der Waals surface area contributed by atoms with Gasteiger partial charge in [-0.05, 0) is 48.4 Å². The molecular weight excluding hydrogens is 427 g/mol. The predicted molar refractivity (Wildman–Crippen MR) is 120 cm³/mol. The van der Waals surface area contributed by atoms with E-state index in [0.717, 1.165) is 5.71 Å². The van der Waals surface area contributed by atoms with E-state index in [1.807, 2.05) is 6.92 Å². The third-order valence-electron chi connectivity index (χ3n) is 5.47. The SMILES string of the molecule is C=CC(=O)[N+]1=C(C)CN(C[C@]([Si])(Oc2ccc(C(=O)O)cc2)c2ccc(C)c(F)c2)CC1. The molecule has 1 aliphatic rings. The number of carboxylic acid groups (broad SMARTS) is 1. The summed E-state index contributed by atoms with van der Waals surface area (Å²) in [5, 5.41) is 8.02. The number of aryl methyl sites for hydroxylation is 1. The topological polar surface area (TPSA) is 69.8 Å². The highest BCUT2D eigenvalue weighted by Crippen LogP contribution is 2.29. The zero-order valence-electron chi connectivity index (χ0n) is 18.1. The molecule has 1 atom stereocenters. The van der Waals surface area contributed by atoms with Crippen molar-refractivity contribution in [2.24, 2.45) is 0 Å². The molecule has 3 radical (unpaired) electrons. The Balaban J connectivity index is 1.91. The minimum atomic E-state index is -1.11. The second kappa shape index (κ2) is 9.58. The Kier molecular flexibility index (Phi) is 7.05. The first-order valence-electron chi connectivity index (χ1n) is 10.2. The van der Waals surface area contributed by atoms with Gasteiger partial charge in [-0.1, -0.05) is 18.7 Å². The van der Waals surface area contributed by atoms with Gasteiger partial charge in [0.15, 0.2) is 12.3 Å². The molecule has 6 nitrogen and oxygen atoms in total. The quantitative estimate of drug-likeness (QED) is 0.397. The molecule has 1 heterocycles. The van der Waals surface area contributed by atoms with Crippen LogP contribution in [0.5, 0.6) is 5.75 Å². The summed E-state index contributed by atoms with van der Waals surface area (Å²) in [6.45, 7) is 9.12. The molecular formula is C24H25FN2O4Si+. The van der Waals surface area contributed by atoms with Crippen LogP contribution < -0.4 is 4.74 Å². The van der Waals surface area contributed by atoms with Gasteiger partial charge in [-0.15, -0.1) is 0 Å². The molecule has 165 valence electrons. The largest absolute Gasteiger partial charge is 0.486 e. The van der Waals surface area contributed by atoms with E-state index in [0.29, 0.717) is 43.1 Å². The molecule has 0 saturated heterocycles. The van der Waals surface area contributed by atoms with Gasteiger partial charge in [0.2, 0.25) is 0 Å². The Morgan fingerprint density at radius 3 is 2.53 bits per heavy atom. The number of carbonyl (C=O) groups excluding carboxylic acids is 1. The molecule has 1 N–H and O–H groups in total. The summed E-state index contributed by atoms with van der Waals surface area (Å²) >= 11 is 0. The zero-order valence-corrected chi connectivity index (χ0v) is 19.1. The molecule has 0 bridgehead atoms. The number of benzene rings is 2. The van der Waals surface area contributed by atoms with Gasteiger partial charge < -0.3 is 9.84 Å². The van der Waals surface area contributed by atoms with E-state index in [1.165, 1.54) is 24.3 Å². The molecule has 0 spiro atoms. The van der Waals surface area contributed by atoms with Crippen LogP contribution in [0.1, 0.15) is 28.4 Å². The molecule has 0 aromatic heterocycles. The van der Waals surface area contributed by atoms with Crippen LogP contribution in [0.2, 0.25) is 0 Å². The van der Waals surface area contributed by atoms with E-state index < -0.39 is 11.2 Å². The summed E-state index contributed by atoms with van der Waals surface area (Å²) < 4.78 is 22.3. The lowest BCUT2D eigenvalue weighted by molar-refractivity contribution is -0.452. The summed E-state index contributed by atoms with van der Waals surface area (Å²) in [7, 11) is 3.76. The van der Waals surface area contributed by atoms with Crippen LogP contribution in [0.4, 0.5) is 4.39 Å². The Bertz CT molecular complexity index is 1080. The fourth-order valence-corrected chi connectivity index (χ4v) is 4.17. The van der Waals surface area contributed by atoms with Gasteiger partial charge >= 0.3 is 11.9 Å². The van der Waals surface area contributed by atoms with Crippen molar-refractivity contribution >= 4 is 27.8 Å². The van der Waals surface area contributed by atoms with E-state index in [4.69, 9.17) is 9.84 Å². The molecule has 1 amide bonds. The lowest BCUT2D eigenvalue weighted by Crippen LogP contribution is -2.52. The normalized spacial score (nSPS) is 16.4. The van der Waals surface area contributed by atoms with Crippen LogP contribution in [0, 0.1) is 12.7 Å². The third-order valence-corrected chi connectivity index (χ3v) is 6.02. The highest BCUT2D eigenvalue weighted by Gasteiger charge is 2.36. The lowest BCUT2D eigenvalue weighted by Gasteiger charge is -2.37. The molecule has 0 unspecified atom stereocenters. The summed E-state index contributed by atoms with van der Waals surface area (Å²) in [4.78, 5) is 25.3. The molecule has 0 aliphatic carbocycles. The maximum absolute atomic E-state index is 14.4. The Hall–Kier alpha value is -3.10. The number of nitrogens with zero attached hydrogens (tertiary/aromatic N) is 2. The highest BCUT2D eigenvalue weighted by molar-refractivity contribution is 6.15. The van der Waals surface area contributed by atoms with E-state index >= 15 is 0 Å². The number of halogens is 1. The van der Waals surface area contributed by atoms with Crippen molar-refractivity contribution < 1.29 is 28.4 Å². The van der Waals surface area contributed by atoms with Crippen LogP contribution in [-0.2, 0) is 10.0 Å². The number of carboxylic acids is 1. The number of hydrogen-bond acceptors (Lipinski definition) is 4. The average molecular weight is 453 g/mol. The van der Waals surface area contributed by atoms with Gasteiger partial charge in [0, 0.05) is 19.5 Å². The zero-order chi connectivity index (χ0) is 23.5. The molecule has 8 heteroatoms. The minimum absolute atomic E-state index is 0.137. The number of aromatic carboxylic acids is 1. The average Bonchev–Trinajstić information content (AvgIpc) is 2.75. The van der Waals surface area contributed by atoms with Crippen molar-refractivity contribution in [2.75, 3.05) is 26.2 Å². The number of amides is 1. The van der Waals surface area contributed by atoms with Crippen molar-refractivity contribution in [3.05, 3.63) is 77.6 Å². The van der Waals surface area contributed by atoms with Gasteiger partial charge in [-0.25, -0.2) is 14.0 Å². The molecule has 2 aromatic rings. The van der Waals surface area contributed by atoms with E-state index in [2.05, 4.69) is 21.7 Å². The van der Waals surface area contributed by atoms with E-state index in [-0.39, 0.29) is 17.3 Å². The number of rotatable bonds is 7. The third kappa shape index (κ3) is 5.20. The smallest absolute Gasteiger partial charge is 0.411 e. The van der Waals surface area contributed by atoms with Crippen molar-refractivity contribution in [3.8, 4) is 5.75 Å². The maximum Gasteiger partial charge on any atom is 0.411 e. The van der Waals surface area contributed by atoms with Crippen LogP contribution >= 0.6 is 0 Å². The monoisotopic (exact) mass is 452 g/mol. The maximum atomic E-state index is 14.4. The van der Waals surface area contributed by atoms with Gasteiger partial charge in [0.1, 0.15) is 16.8 Å². The molecule has 0 fully saturated rings. The minimum Gasteiger partial charge on any atom is -0.486 e. The van der Waals surface area contributed by atoms with Crippen molar-refractivity contribution in [3.63, 3.8) is 0 Å². The van der Waals surface area contributed by atoms with Gasteiger partial charge in [-0.2, -0.15) is 4.58 Å². The van der Waals surface area contributed by atoms with Crippen molar-refractivity contribution in [1.29, 1.82) is 0 Å². The fraction of sp³-hybridized carbons (Fsp3) is 0.292. The molecule has 2 aromatic carbocycles. The van der Waals surface area contributed by atoms with E-state index in [9.17, 15) is 14.0 Å². The van der Waals surface area contributed by atoms with Crippen LogP contribution in [-0.4, -0.2) is 68.6 Å². The summed E-state index contributed by atoms with van der Waals surface area (Å²) in [6.07, 6.45) is 1.30. The second-order valence-electron chi connectivity index (χ2n) is 7.86. The van der Waals surface area contributed by atoms with Crippen LogP contribution in [0.3, 0.4) is 0 Å². The van der Waals surface area contributed by atoms with Gasteiger partial charge in [0.05, 0.1) is 28.9 Å². The van der Waals surface area contributed by atoms with Gasteiger partial charge in [-0.3, -0.25) is 4.90 Å². The van der Waals surface area contributed by atoms with E-state index in [1.54, 1.807) is 35.8 Å². The first kappa shape index (κ1) is 23.6. The molecule has 0 saturated carbocycles. The standard InChI is InChI=1S/C24H24FN2O4Si/c1-4-22(28)27-12-11-26(14-17(27)3)15-24(32,19-8-5-16(2)21(25)13-19)31-20-9-6-18(7-10-20)23(29)30/h4-10,13H,1,11-12,14-15H2,2-3H3/p+1/t24-/m1/s1. The fourth-order valence-electron chi connectivity index (χ4n) is 3.67. The summed E-state index contributed by atoms with van der Waals surface area (Å²) in [5.41, 5.74) is 2.14. The Morgan fingerprint density at radius 1 is 1.28 bits per heavy atom.